The number of nitrogens with zero attached hydrogens (tertiary/aromatic N) is 2. The topological polar surface area (TPSA) is 8.17 Å². The molecule has 1 heterocycles. The third-order valence-corrected chi connectivity index (χ3v) is 11.7. The van der Waals surface area contributed by atoms with Gasteiger partial charge >= 0.3 is 0 Å². The van der Waals surface area contributed by atoms with Gasteiger partial charge in [0.05, 0.1) is 11.0 Å². The highest BCUT2D eigenvalue weighted by Crippen LogP contribution is 2.52. The van der Waals surface area contributed by atoms with E-state index < -0.39 is 0 Å². The molecule has 10 rings (SSSR count). The molecule has 0 radical (unpaired) electrons. The number of para-hydroxylation sites is 2. The lowest BCUT2D eigenvalue weighted by Crippen LogP contribution is -2.18. The van der Waals surface area contributed by atoms with E-state index in [2.05, 4.69) is 193 Å². The Bertz CT molecular complexity index is 2660. The summed E-state index contributed by atoms with van der Waals surface area (Å²) >= 11 is 0. The number of fused-ring (bicyclic) bond motifs is 5. The van der Waals surface area contributed by atoms with Crippen molar-refractivity contribution in [3.05, 3.63) is 192 Å². The fourth-order valence-corrected chi connectivity index (χ4v) is 9.04. The van der Waals surface area contributed by atoms with Crippen LogP contribution in [-0.2, 0) is 5.41 Å². The first-order chi connectivity index (χ1) is 26.0. The third-order valence-electron chi connectivity index (χ3n) is 11.7. The molecule has 0 amide bonds. The first-order valence-corrected chi connectivity index (χ1v) is 19.1. The summed E-state index contributed by atoms with van der Waals surface area (Å²) in [6.45, 7) is 4.81. The number of aromatic nitrogens is 1. The van der Waals surface area contributed by atoms with Crippen LogP contribution in [-0.4, -0.2) is 4.57 Å². The van der Waals surface area contributed by atoms with Gasteiger partial charge in [0, 0.05) is 38.9 Å². The lowest BCUT2D eigenvalue weighted by molar-refractivity contribution is 0.607. The van der Waals surface area contributed by atoms with Crippen LogP contribution in [0.2, 0.25) is 0 Å². The Morgan fingerprint density at radius 1 is 0.547 bits per heavy atom. The molecule has 0 fully saturated rings. The molecule has 53 heavy (non-hydrogen) atoms. The van der Waals surface area contributed by atoms with Crippen molar-refractivity contribution in [1.82, 2.24) is 4.57 Å². The Hall–Kier alpha value is -6.12. The van der Waals surface area contributed by atoms with Crippen molar-refractivity contribution in [2.75, 3.05) is 4.90 Å². The van der Waals surface area contributed by atoms with Gasteiger partial charge in [0.1, 0.15) is 0 Å². The molecule has 3 aliphatic rings. The Labute approximate surface area is 312 Å². The second-order valence-electron chi connectivity index (χ2n) is 15.2. The molecule has 1 aromatic heterocycles. The second kappa shape index (κ2) is 12.5. The number of anilines is 3. The van der Waals surface area contributed by atoms with Crippen LogP contribution >= 0.6 is 0 Å². The summed E-state index contributed by atoms with van der Waals surface area (Å²) in [5, 5.41) is 2.53. The zero-order chi connectivity index (χ0) is 35.5. The molecular weight excluding hydrogens is 641 g/mol. The van der Waals surface area contributed by atoms with Crippen LogP contribution in [0.15, 0.2) is 175 Å². The first kappa shape index (κ1) is 31.6. The number of hydrogen-bond donors (Lipinski definition) is 0. The van der Waals surface area contributed by atoms with E-state index in [0.29, 0.717) is 0 Å². The van der Waals surface area contributed by atoms with Crippen molar-refractivity contribution in [2.45, 2.75) is 44.9 Å². The van der Waals surface area contributed by atoms with Crippen LogP contribution in [0, 0.1) is 0 Å². The van der Waals surface area contributed by atoms with Crippen LogP contribution in [0.3, 0.4) is 0 Å². The third kappa shape index (κ3) is 5.24. The lowest BCUT2D eigenvalue weighted by Gasteiger charge is -2.29. The molecule has 0 aliphatic heterocycles. The standard InChI is InChI=1S/C51H42N2/c1-51(2)47-19-11-9-17-43(47)44-31-30-42(34-48(44)51)52(40-26-21-36(22-27-40)35-13-5-3-6-14-35)41-28-23-37(24-29-41)38-25-32-50-46(33-38)45-18-10-12-20-49(45)53(50)39-15-7-4-8-16-39/h4-5,7-10,12-18,20-34H,3,6,11,19H2,1-2H3. The van der Waals surface area contributed by atoms with E-state index in [-0.39, 0.29) is 5.41 Å². The fraction of sp³-hybridized carbons (Fsp3) is 0.137. The molecule has 0 atom stereocenters. The minimum Gasteiger partial charge on any atom is -0.310 e. The maximum atomic E-state index is 2.45. The number of hydrogen-bond acceptors (Lipinski definition) is 1. The summed E-state index contributed by atoms with van der Waals surface area (Å²) in [6, 6.07) is 51.7. The van der Waals surface area contributed by atoms with Crippen LogP contribution in [0.1, 0.15) is 56.2 Å². The Balaban J connectivity index is 1.06. The summed E-state index contributed by atoms with van der Waals surface area (Å²) in [5.74, 6) is 0. The summed E-state index contributed by atoms with van der Waals surface area (Å²) in [7, 11) is 0. The van der Waals surface area contributed by atoms with Crippen molar-refractivity contribution in [3.63, 3.8) is 0 Å². The van der Waals surface area contributed by atoms with Crippen molar-refractivity contribution in [2.24, 2.45) is 0 Å². The summed E-state index contributed by atoms with van der Waals surface area (Å²) < 4.78 is 2.38. The van der Waals surface area contributed by atoms with Gasteiger partial charge in [-0.2, -0.15) is 0 Å². The summed E-state index contributed by atoms with van der Waals surface area (Å²) in [6.07, 6.45) is 16.1. The number of allylic oxidation sites excluding steroid dienone is 8. The van der Waals surface area contributed by atoms with Gasteiger partial charge in [-0.05, 0) is 131 Å². The largest absolute Gasteiger partial charge is 0.310 e. The van der Waals surface area contributed by atoms with Crippen LogP contribution in [0.4, 0.5) is 17.1 Å². The van der Waals surface area contributed by atoms with Crippen molar-refractivity contribution < 1.29 is 0 Å². The SMILES string of the molecule is CC1(C)C2=C(C=CCC2)c2ccc(N(c3ccc(C4=CCCC=C4)cc3)c3ccc(-c4ccc5c(c4)c4ccccc4n5-c4ccccc4)cc3)cc21. The van der Waals surface area contributed by atoms with E-state index in [4.69, 9.17) is 0 Å². The molecule has 256 valence electrons. The number of benzene rings is 6. The zero-order valence-corrected chi connectivity index (χ0v) is 30.4. The average molecular weight is 683 g/mol. The van der Waals surface area contributed by atoms with E-state index >= 15 is 0 Å². The zero-order valence-electron chi connectivity index (χ0n) is 30.4. The first-order valence-electron chi connectivity index (χ1n) is 19.1. The number of rotatable bonds is 6. The van der Waals surface area contributed by atoms with Gasteiger partial charge in [0.2, 0.25) is 0 Å². The molecule has 2 nitrogen and oxygen atoms in total. The smallest absolute Gasteiger partial charge is 0.0541 e. The predicted octanol–water partition coefficient (Wildman–Crippen LogP) is 14.0. The van der Waals surface area contributed by atoms with Crippen molar-refractivity contribution >= 4 is 50.0 Å². The molecule has 0 unspecified atom stereocenters. The molecule has 0 bridgehead atoms. The molecule has 0 saturated heterocycles. The highest BCUT2D eigenvalue weighted by Gasteiger charge is 2.37. The van der Waals surface area contributed by atoms with Crippen molar-refractivity contribution in [1.29, 1.82) is 0 Å². The van der Waals surface area contributed by atoms with Gasteiger partial charge < -0.3 is 9.47 Å². The molecule has 0 spiro atoms. The van der Waals surface area contributed by atoms with E-state index in [0.717, 1.165) is 37.1 Å². The van der Waals surface area contributed by atoms with Gasteiger partial charge in [-0.3, -0.25) is 0 Å². The van der Waals surface area contributed by atoms with E-state index in [1.54, 1.807) is 5.57 Å². The molecule has 0 saturated carbocycles. The highest BCUT2D eigenvalue weighted by atomic mass is 15.1. The maximum Gasteiger partial charge on any atom is 0.0541 e. The molecular formula is C51H42N2. The molecule has 7 aromatic rings. The molecule has 2 heteroatoms. The van der Waals surface area contributed by atoms with Gasteiger partial charge in [-0.1, -0.05) is 123 Å². The van der Waals surface area contributed by atoms with Crippen molar-refractivity contribution in [3.8, 4) is 16.8 Å². The van der Waals surface area contributed by atoms with Gasteiger partial charge in [-0.15, -0.1) is 0 Å². The minimum absolute atomic E-state index is 0.00684. The van der Waals surface area contributed by atoms with Crippen LogP contribution in [0.5, 0.6) is 0 Å². The van der Waals surface area contributed by atoms with Crippen LogP contribution < -0.4 is 4.90 Å². The molecule has 3 aliphatic carbocycles. The quantitative estimate of drug-likeness (QED) is 0.169. The Kier molecular flexibility index (Phi) is 7.47. The van der Waals surface area contributed by atoms with E-state index in [1.807, 2.05) is 0 Å². The Morgan fingerprint density at radius 2 is 1.23 bits per heavy atom. The summed E-state index contributed by atoms with van der Waals surface area (Å²) in [5.41, 5.74) is 17.9. The Morgan fingerprint density at radius 3 is 2.00 bits per heavy atom. The normalized spacial score (nSPS) is 15.8. The average Bonchev–Trinajstić information content (AvgIpc) is 3.67. The lowest BCUT2D eigenvalue weighted by atomic mass is 9.78. The second-order valence-corrected chi connectivity index (χ2v) is 15.2. The predicted molar refractivity (Wildman–Crippen MR) is 226 cm³/mol. The molecule has 6 aromatic carbocycles. The maximum absolute atomic E-state index is 2.45. The van der Waals surface area contributed by atoms with Gasteiger partial charge in [0.15, 0.2) is 0 Å². The van der Waals surface area contributed by atoms with Crippen LogP contribution in [0.25, 0.3) is 49.8 Å². The van der Waals surface area contributed by atoms with E-state index in [1.165, 1.54) is 72.1 Å². The van der Waals surface area contributed by atoms with Gasteiger partial charge in [0.25, 0.3) is 0 Å². The summed E-state index contributed by atoms with van der Waals surface area (Å²) in [4.78, 5) is 2.43. The minimum atomic E-state index is 0.00684. The monoisotopic (exact) mass is 682 g/mol. The van der Waals surface area contributed by atoms with Gasteiger partial charge in [-0.25, -0.2) is 0 Å². The highest BCUT2D eigenvalue weighted by molar-refractivity contribution is 6.10. The molecule has 0 N–H and O–H groups in total. The fourth-order valence-electron chi connectivity index (χ4n) is 9.04. The van der Waals surface area contributed by atoms with E-state index in [9.17, 15) is 0 Å².